The number of hydrogen-bond donors (Lipinski definition) is 0. The van der Waals surface area contributed by atoms with E-state index in [1.54, 1.807) is 0 Å². The third-order valence-corrected chi connectivity index (χ3v) is 2.22. The van der Waals surface area contributed by atoms with Crippen molar-refractivity contribution < 1.29 is 70.8 Å². The molecule has 0 aliphatic carbocycles. The Bertz CT molecular complexity index is 217. The van der Waals surface area contributed by atoms with Gasteiger partial charge in [-0.2, -0.15) is 0 Å². The molecule has 94 valence electrons. The van der Waals surface area contributed by atoms with Crippen molar-refractivity contribution in [2.75, 3.05) is 6.61 Å². The Hall–Kier alpha value is 0.576. The largest absolute Gasteiger partial charge is 1.00 e. The molecule has 0 fully saturated rings. The zero-order valence-corrected chi connectivity index (χ0v) is 14.3. The average molecular weight is 268 g/mol. The van der Waals surface area contributed by atoms with Crippen molar-refractivity contribution >= 4 is 11.9 Å². The van der Waals surface area contributed by atoms with E-state index in [0.29, 0.717) is 12.5 Å². The minimum absolute atomic E-state index is 0. The van der Waals surface area contributed by atoms with Crippen LogP contribution in [0.15, 0.2) is 0 Å². The van der Waals surface area contributed by atoms with Crippen LogP contribution in [0.5, 0.6) is 0 Å². The van der Waals surface area contributed by atoms with Gasteiger partial charge < -0.3 is 14.6 Å². The van der Waals surface area contributed by atoms with Crippen LogP contribution in [0.4, 0.5) is 0 Å². The Balaban J connectivity index is 0. The number of carbonyl (C=O) groups is 2. The fraction of sp³-hybridized carbons (Fsp3) is 0.833. The van der Waals surface area contributed by atoms with Gasteiger partial charge in [0.15, 0.2) is 0 Å². The Morgan fingerprint density at radius 1 is 1.12 bits per heavy atom. The van der Waals surface area contributed by atoms with E-state index in [1.807, 2.05) is 0 Å². The molecule has 0 rings (SSSR count). The summed E-state index contributed by atoms with van der Waals surface area (Å²) in [6.45, 7) is 4.75. The van der Waals surface area contributed by atoms with Crippen molar-refractivity contribution in [3.63, 3.8) is 0 Å². The van der Waals surface area contributed by atoms with E-state index >= 15 is 0 Å². The third kappa shape index (κ3) is 16.6. The molecule has 0 unspecified atom stereocenters. The van der Waals surface area contributed by atoms with Crippen molar-refractivity contribution in [1.29, 1.82) is 0 Å². The number of carboxylic acid groups (broad SMARTS) is 1. The van der Waals surface area contributed by atoms with Gasteiger partial charge in [-0.3, -0.25) is 4.79 Å². The van der Waals surface area contributed by atoms with Crippen molar-refractivity contribution in [2.24, 2.45) is 5.92 Å². The van der Waals surface area contributed by atoms with Crippen LogP contribution in [0, 0.1) is 5.92 Å². The quantitative estimate of drug-likeness (QED) is 0.283. The summed E-state index contributed by atoms with van der Waals surface area (Å²) in [4.78, 5) is 21.0. The monoisotopic (exact) mass is 268 g/mol. The van der Waals surface area contributed by atoms with Crippen LogP contribution in [-0.4, -0.2) is 18.5 Å². The molecule has 0 saturated heterocycles. The fourth-order valence-electron chi connectivity index (χ4n) is 1.29. The molecule has 0 amide bonds. The maximum atomic E-state index is 11.0. The smallest absolute Gasteiger partial charge is 0.550 e. The van der Waals surface area contributed by atoms with Crippen LogP contribution in [0.25, 0.3) is 0 Å². The van der Waals surface area contributed by atoms with E-state index in [9.17, 15) is 14.7 Å². The summed E-state index contributed by atoms with van der Waals surface area (Å²) in [5.41, 5.74) is 0. The zero-order chi connectivity index (χ0) is 12.4. The second kappa shape index (κ2) is 13.0. The van der Waals surface area contributed by atoms with Gasteiger partial charge in [-0.15, -0.1) is 0 Å². The summed E-state index contributed by atoms with van der Waals surface area (Å²) in [7, 11) is 0. The molecule has 0 aromatic carbocycles. The molecular formula is C12H21KO4. The van der Waals surface area contributed by atoms with Crippen LogP contribution in [-0.2, 0) is 14.3 Å². The maximum Gasteiger partial charge on any atom is 1.00 e. The minimum atomic E-state index is -1.21. The first kappa shape index (κ1) is 19.9. The normalized spacial score (nSPS) is 9.82. The summed E-state index contributed by atoms with van der Waals surface area (Å²) in [5, 5.41) is 10.1. The van der Waals surface area contributed by atoms with E-state index in [-0.39, 0.29) is 64.2 Å². The summed E-state index contributed by atoms with van der Waals surface area (Å²) in [6.07, 6.45) is 3.89. The predicted molar refractivity (Wildman–Crippen MR) is 58.5 cm³/mol. The van der Waals surface area contributed by atoms with Gasteiger partial charge in [-0.05, 0) is 18.8 Å². The Morgan fingerprint density at radius 2 is 1.76 bits per heavy atom. The minimum Gasteiger partial charge on any atom is -0.550 e. The Kier molecular flexibility index (Phi) is 15.2. The van der Waals surface area contributed by atoms with Crippen molar-refractivity contribution in [1.82, 2.24) is 0 Å². The van der Waals surface area contributed by atoms with Crippen LogP contribution in [0.2, 0.25) is 0 Å². The molecule has 0 heterocycles. The van der Waals surface area contributed by atoms with Crippen LogP contribution >= 0.6 is 0 Å². The molecule has 0 N–H and O–H groups in total. The predicted octanol–water partition coefficient (Wildman–Crippen LogP) is -1.72. The van der Waals surface area contributed by atoms with Gasteiger partial charge >= 0.3 is 57.4 Å². The van der Waals surface area contributed by atoms with Gasteiger partial charge in [0, 0.05) is 5.97 Å². The van der Waals surface area contributed by atoms with E-state index in [4.69, 9.17) is 4.74 Å². The van der Waals surface area contributed by atoms with Crippen LogP contribution < -0.4 is 56.5 Å². The van der Waals surface area contributed by atoms with Crippen LogP contribution in [0.3, 0.4) is 0 Å². The van der Waals surface area contributed by atoms with Crippen LogP contribution in [0.1, 0.15) is 52.4 Å². The SMILES string of the molecule is CC(C)CCCCCOC(=O)CCC(=O)[O-].[K+]. The Morgan fingerprint density at radius 3 is 2.29 bits per heavy atom. The number of unbranched alkanes of at least 4 members (excludes halogenated alkanes) is 2. The number of ether oxygens (including phenoxy) is 1. The first-order valence-corrected chi connectivity index (χ1v) is 5.88. The number of aliphatic carboxylic acids is 1. The van der Waals surface area contributed by atoms with Gasteiger partial charge in [0.1, 0.15) is 0 Å². The first-order chi connectivity index (χ1) is 7.52. The molecule has 0 aliphatic rings. The molecule has 0 aliphatic heterocycles. The molecular weight excluding hydrogens is 247 g/mol. The van der Waals surface area contributed by atoms with E-state index in [0.717, 1.165) is 19.3 Å². The maximum absolute atomic E-state index is 11.0. The number of esters is 1. The van der Waals surface area contributed by atoms with E-state index < -0.39 is 11.9 Å². The first-order valence-electron chi connectivity index (χ1n) is 5.88. The van der Waals surface area contributed by atoms with Crippen molar-refractivity contribution in [3.05, 3.63) is 0 Å². The van der Waals surface area contributed by atoms with E-state index in [2.05, 4.69) is 13.8 Å². The molecule has 0 saturated carbocycles. The second-order valence-corrected chi connectivity index (χ2v) is 4.34. The zero-order valence-electron chi connectivity index (χ0n) is 11.2. The molecule has 0 aromatic rings. The van der Waals surface area contributed by atoms with Crippen molar-refractivity contribution in [3.8, 4) is 0 Å². The summed E-state index contributed by atoms with van der Waals surface area (Å²) >= 11 is 0. The molecule has 4 nitrogen and oxygen atoms in total. The number of carboxylic acids is 1. The average Bonchev–Trinajstić information content (AvgIpc) is 2.19. The van der Waals surface area contributed by atoms with Gasteiger partial charge in [0.25, 0.3) is 0 Å². The molecule has 17 heavy (non-hydrogen) atoms. The van der Waals surface area contributed by atoms with Gasteiger partial charge in [-0.1, -0.05) is 33.1 Å². The summed E-state index contributed by atoms with van der Waals surface area (Å²) < 4.78 is 4.87. The third-order valence-electron chi connectivity index (χ3n) is 2.22. The number of hydrogen-bond acceptors (Lipinski definition) is 4. The standard InChI is InChI=1S/C12H22O4.K/c1-10(2)6-4-3-5-9-16-12(15)8-7-11(13)14;/h10H,3-9H2,1-2H3,(H,13,14);/q;+1/p-1. The topological polar surface area (TPSA) is 66.4 Å². The van der Waals surface area contributed by atoms with Gasteiger partial charge in [-0.25, -0.2) is 0 Å². The number of rotatable bonds is 9. The van der Waals surface area contributed by atoms with Gasteiger partial charge in [0.05, 0.1) is 13.0 Å². The van der Waals surface area contributed by atoms with E-state index in [1.165, 1.54) is 6.42 Å². The molecule has 0 bridgehead atoms. The van der Waals surface area contributed by atoms with Crippen molar-refractivity contribution in [2.45, 2.75) is 52.4 Å². The second-order valence-electron chi connectivity index (χ2n) is 4.34. The molecule has 0 spiro atoms. The molecule has 0 aromatic heterocycles. The fourth-order valence-corrected chi connectivity index (χ4v) is 1.29. The molecule has 5 heteroatoms. The molecule has 0 radical (unpaired) electrons. The Labute approximate surface area is 146 Å². The summed E-state index contributed by atoms with van der Waals surface area (Å²) in [5.74, 6) is -0.951. The molecule has 0 atom stereocenters. The van der Waals surface area contributed by atoms with Gasteiger partial charge in [0.2, 0.25) is 0 Å². The summed E-state index contributed by atoms with van der Waals surface area (Å²) in [6, 6.07) is 0. The number of carbonyl (C=O) groups excluding carboxylic acids is 2.